The fourth-order valence-corrected chi connectivity index (χ4v) is 1.01. The lowest BCUT2D eigenvalue weighted by Crippen LogP contribution is -2.32. The molecular formula is C8H9ClFN3. The van der Waals surface area contributed by atoms with E-state index in [-0.39, 0.29) is 11.0 Å². The van der Waals surface area contributed by atoms with Crippen molar-refractivity contribution in [2.24, 2.45) is 5.73 Å². The van der Waals surface area contributed by atoms with Crippen LogP contribution >= 0.6 is 11.6 Å². The Morgan fingerprint density at radius 2 is 2.23 bits per heavy atom. The molecule has 1 aromatic carbocycles. The Balaban J connectivity index is 3.03. The van der Waals surface area contributed by atoms with Crippen LogP contribution in [-0.4, -0.2) is 13.0 Å². The molecule has 1 rings (SSSR count). The molecule has 0 atom stereocenters. The zero-order valence-corrected chi connectivity index (χ0v) is 7.77. The van der Waals surface area contributed by atoms with Crippen molar-refractivity contribution in [3.8, 4) is 0 Å². The van der Waals surface area contributed by atoms with Crippen molar-refractivity contribution in [3.05, 3.63) is 29.0 Å². The average Bonchev–Trinajstić information content (AvgIpc) is 2.08. The van der Waals surface area contributed by atoms with Crippen LogP contribution < -0.4 is 10.6 Å². The Labute approximate surface area is 80.4 Å². The number of nitrogens with zero attached hydrogens (tertiary/aromatic N) is 1. The number of anilines is 1. The lowest BCUT2D eigenvalue weighted by molar-refractivity contribution is 0.628. The minimum absolute atomic E-state index is 0.0191. The number of rotatable bonds is 1. The van der Waals surface area contributed by atoms with Crippen molar-refractivity contribution in [1.29, 1.82) is 5.41 Å². The summed E-state index contributed by atoms with van der Waals surface area (Å²) in [6.07, 6.45) is 0. The molecule has 0 aromatic heterocycles. The van der Waals surface area contributed by atoms with Crippen LogP contribution in [-0.2, 0) is 0 Å². The monoisotopic (exact) mass is 201 g/mol. The van der Waals surface area contributed by atoms with Crippen LogP contribution in [0.25, 0.3) is 0 Å². The van der Waals surface area contributed by atoms with Crippen LogP contribution in [0.15, 0.2) is 18.2 Å². The van der Waals surface area contributed by atoms with Gasteiger partial charge in [-0.25, -0.2) is 4.39 Å². The predicted molar refractivity (Wildman–Crippen MR) is 51.7 cm³/mol. The number of hydrogen-bond acceptors (Lipinski definition) is 1. The van der Waals surface area contributed by atoms with Gasteiger partial charge in [-0.3, -0.25) is 5.41 Å². The molecule has 1 aromatic rings. The molecule has 0 heterocycles. The van der Waals surface area contributed by atoms with Crippen LogP contribution in [0.5, 0.6) is 0 Å². The Hall–Kier alpha value is -1.29. The van der Waals surface area contributed by atoms with E-state index in [0.29, 0.717) is 5.69 Å². The second kappa shape index (κ2) is 3.62. The summed E-state index contributed by atoms with van der Waals surface area (Å²) in [4.78, 5) is 1.39. The summed E-state index contributed by atoms with van der Waals surface area (Å²) < 4.78 is 12.7. The van der Waals surface area contributed by atoms with E-state index < -0.39 is 5.82 Å². The van der Waals surface area contributed by atoms with Gasteiger partial charge in [0.1, 0.15) is 5.82 Å². The Bertz CT molecular complexity index is 340. The van der Waals surface area contributed by atoms with Crippen molar-refractivity contribution in [2.45, 2.75) is 0 Å². The van der Waals surface area contributed by atoms with Gasteiger partial charge in [0.25, 0.3) is 0 Å². The van der Waals surface area contributed by atoms with E-state index in [1.807, 2.05) is 0 Å². The minimum Gasteiger partial charge on any atom is -0.370 e. The molecule has 0 spiro atoms. The van der Waals surface area contributed by atoms with Gasteiger partial charge in [0.2, 0.25) is 0 Å². The molecule has 5 heteroatoms. The second-order valence-corrected chi connectivity index (χ2v) is 2.95. The lowest BCUT2D eigenvalue weighted by atomic mass is 10.3. The number of hydrogen-bond donors (Lipinski definition) is 2. The maximum absolute atomic E-state index is 12.7. The summed E-state index contributed by atoms with van der Waals surface area (Å²) in [6.45, 7) is 0. The number of nitrogens with two attached hydrogens (primary N) is 1. The Morgan fingerprint density at radius 3 is 2.69 bits per heavy atom. The normalized spacial score (nSPS) is 9.77. The van der Waals surface area contributed by atoms with Gasteiger partial charge in [-0.1, -0.05) is 11.6 Å². The Morgan fingerprint density at radius 1 is 1.62 bits per heavy atom. The molecular weight excluding hydrogens is 193 g/mol. The summed E-state index contributed by atoms with van der Waals surface area (Å²) >= 11 is 5.55. The van der Waals surface area contributed by atoms with E-state index in [1.165, 1.54) is 23.1 Å². The van der Waals surface area contributed by atoms with Crippen molar-refractivity contribution in [2.75, 3.05) is 11.9 Å². The van der Waals surface area contributed by atoms with Gasteiger partial charge < -0.3 is 10.6 Å². The highest BCUT2D eigenvalue weighted by molar-refractivity contribution is 6.31. The predicted octanol–water partition coefficient (Wildman–Crippen LogP) is 1.81. The summed E-state index contributed by atoms with van der Waals surface area (Å²) in [5, 5.41) is 7.15. The van der Waals surface area contributed by atoms with E-state index in [2.05, 4.69) is 0 Å². The first-order chi connectivity index (χ1) is 6.02. The maximum Gasteiger partial charge on any atom is 0.192 e. The zero-order chi connectivity index (χ0) is 10.0. The van der Waals surface area contributed by atoms with E-state index in [4.69, 9.17) is 22.7 Å². The summed E-state index contributed by atoms with van der Waals surface area (Å²) in [7, 11) is 1.60. The van der Waals surface area contributed by atoms with Crippen molar-refractivity contribution >= 4 is 23.2 Å². The fraction of sp³-hybridized carbons (Fsp3) is 0.125. The van der Waals surface area contributed by atoms with Gasteiger partial charge >= 0.3 is 0 Å². The molecule has 70 valence electrons. The lowest BCUT2D eigenvalue weighted by Gasteiger charge is -2.16. The molecule has 3 nitrogen and oxygen atoms in total. The molecule has 0 radical (unpaired) electrons. The third-order valence-electron chi connectivity index (χ3n) is 1.65. The summed E-state index contributed by atoms with van der Waals surface area (Å²) in [5.74, 6) is -0.606. The van der Waals surface area contributed by atoms with Gasteiger partial charge in [0.15, 0.2) is 5.96 Å². The highest BCUT2D eigenvalue weighted by Crippen LogP contribution is 2.21. The van der Waals surface area contributed by atoms with Gasteiger partial charge in [-0.15, -0.1) is 0 Å². The first kappa shape index (κ1) is 9.80. The van der Waals surface area contributed by atoms with Crippen LogP contribution in [0.2, 0.25) is 5.02 Å². The van der Waals surface area contributed by atoms with E-state index >= 15 is 0 Å². The quantitative estimate of drug-likeness (QED) is 0.538. The first-order valence-electron chi connectivity index (χ1n) is 3.55. The molecule has 0 fully saturated rings. The van der Waals surface area contributed by atoms with Gasteiger partial charge in [-0.2, -0.15) is 0 Å². The van der Waals surface area contributed by atoms with E-state index in [0.717, 1.165) is 0 Å². The third kappa shape index (κ3) is 2.09. The van der Waals surface area contributed by atoms with Crippen molar-refractivity contribution < 1.29 is 4.39 Å². The molecule has 0 aliphatic rings. The van der Waals surface area contributed by atoms with Gasteiger partial charge in [0, 0.05) is 12.7 Å². The summed E-state index contributed by atoms with van der Waals surface area (Å²) in [6, 6.07) is 4.15. The van der Waals surface area contributed by atoms with Crippen LogP contribution in [0, 0.1) is 11.2 Å². The SMILES string of the molecule is CN(C(=N)N)c1ccc(F)c(Cl)c1. The van der Waals surface area contributed by atoms with Crippen LogP contribution in [0.1, 0.15) is 0 Å². The van der Waals surface area contributed by atoms with Crippen LogP contribution in [0.3, 0.4) is 0 Å². The van der Waals surface area contributed by atoms with E-state index in [1.54, 1.807) is 7.05 Å². The molecule has 13 heavy (non-hydrogen) atoms. The molecule has 0 saturated carbocycles. The molecule has 0 aliphatic carbocycles. The average molecular weight is 202 g/mol. The summed E-state index contributed by atoms with van der Waals surface area (Å²) in [5.41, 5.74) is 5.81. The smallest absolute Gasteiger partial charge is 0.192 e. The third-order valence-corrected chi connectivity index (χ3v) is 1.94. The molecule has 0 saturated heterocycles. The van der Waals surface area contributed by atoms with Gasteiger partial charge in [-0.05, 0) is 18.2 Å². The molecule has 0 aliphatic heterocycles. The Kier molecular flexibility index (Phi) is 2.72. The maximum atomic E-state index is 12.7. The fourth-order valence-electron chi connectivity index (χ4n) is 0.833. The highest BCUT2D eigenvalue weighted by Gasteiger charge is 2.06. The number of guanidine groups is 1. The largest absolute Gasteiger partial charge is 0.370 e. The molecule has 3 N–H and O–H groups in total. The minimum atomic E-state index is -0.484. The molecule has 0 bridgehead atoms. The first-order valence-corrected chi connectivity index (χ1v) is 3.93. The highest BCUT2D eigenvalue weighted by atomic mass is 35.5. The number of benzene rings is 1. The number of halogens is 2. The van der Waals surface area contributed by atoms with Gasteiger partial charge in [0.05, 0.1) is 5.02 Å². The van der Waals surface area contributed by atoms with Crippen molar-refractivity contribution in [1.82, 2.24) is 0 Å². The molecule has 0 unspecified atom stereocenters. The van der Waals surface area contributed by atoms with Crippen molar-refractivity contribution in [3.63, 3.8) is 0 Å². The molecule has 0 amide bonds. The zero-order valence-electron chi connectivity index (χ0n) is 7.01. The second-order valence-electron chi connectivity index (χ2n) is 2.54. The topological polar surface area (TPSA) is 53.1 Å². The van der Waals surface area contributed by atoms with Crippen LogP contribution in [0.4, 0.5) is 10.1 Å². The number of nitrogens with one attached hydrogen (secondary N) is 1. The van der Waals surface area contributed by atoms with E-state index in [9.17, 15) is 4.39 Å². The standard InChI is InChI=1S/C8H9ClFN3/c1-13(8(11)12)5-2-3-7(10)6(9)4-5/h2-4H,1H3,(H3,11,12).